The van der Waals surface area contributed by atoms with E-state index >= 15 is 0 Å². The van der Waals surface area contributed by atoms with Crippen molar-refractivity contribution in [3.63, 3.8) is 0 Å². The van der Waals surface area contributed by atoms with Gasteiger partial charge < -0.3 is 19.3 Å². The maximum Gasteiger partial charge on any atom is 0.257 e. The van der Waals surface area contributed by atoms with Gasteiger partial charge in [-0.05, 0) is 48.6 Å². The minimum absolute atomic E-state index is 0.0124. The van der Waals surface area contributed by atoms with Gasteiger partial charge in [0, 0.05) is 26.7 Å². The fourth-order valence-corrected chi connectivity index (χ4v) is 5.14. The first kappa shape index (κ1) is 29.3. The van der Waals surface area contributed by atoms with Gasteiger partial charge in [-0.1, -0.05) is 73.5 Å². The fourth-order valence-electron chi connectivity index (χ4n) is 5.14. The molecule has 3 aromatic carbocycles. The molecule has 0 unspecified atom stereocenters. The second-order valence-corrected chi connectivity index (χ2v) is 10.2. The summed E-state index contributed by atoms with van der Waals surface area (Å²) in [6, 6.07) is 23.4. The van der Waals surface area contributed by atoms with E-state index in [2.05, 4.69) is 0 Å². The van der Waals surface area contributed by atoms with Gasteiger partial charge in [-0.25, -0.2) is 4.39 Å². The molecule has 1 aliphatic rings. The Morgan fingerprint density at radius 1 is 0.925 bits per heavy atom. The molecule has 0 N–H and O–H groups in total. The van der Waals surface area contributed by atoms with Crippen LogP contribution in [0.1, 0.15) is 47.2 Å². The SMILES string of the molecule is COCCN1CCCCCCN(C(=O)Cc2ccccc2F)[C@@H](Cc2ccccc2)COc2ccccc2C1=O. The van der Waals surface area contributed by atoms with Gasteiger partial charge >= 0.3 is 0 Å². The molecule has 4 rings (SSSR count). The minimum atomic E-state index is -0.376. The van der Waals surface area contributed by atoms with Crippen molar-refractivity contribution < 1.29 is 23.5 Å². The quantitative estimate of drug-likeness (QED) is 0.390. The summed E-state index contributed by atoms with van der Waals surface area (Å²) in [4.78, 5) is 31.0. The number of methoxy groups -OCH3 is 1. The Bertz CT molecular complexity index is 1240. The van der Waals surface area contributed by atoms with E-state index in [1.165, 1.54) is 6.07 Å². The molecule has 3 aromatic rings. The zero-order chi connectivity index (χ0) is 28.2. The number of nitrogens with zero attached hydrogens (tertiary/aromatic N) is 2. The van der Waals surface area contributed by atoms with Crippen LogP contribution < -0.4 is 4.74 Å². The van der Waals surface area contributed by atoms with E-state index in [1.54, 1.807) is 37.4 Å². The Morgan fingerprint density at radius 2 is 1.62 bits per heavy atom. The first-order chi connectivity index (χ1) is 19.6. The molecule has 1 heterocycles. The van der Waals surface area contributed by atoms with E-state index in [1.807, 2.05) is 52.3 Å². The summed E-state index contributed by atoms with van der Waals surface area (Å²) < 4.78 is 26.1. The molecule has 0 aliphatic carbocycles. The summed E-state index contributed by atoms with van der Waals surface area (Å²) in [5, 5.41) is 0. The first-order valence-electron chi connectivity index (χ1n) is 14.1. The molecular weight excluding hydrogens is 507 g/mol. The van der Waals surface area contributed by atoms with Crippen LogP contribution in [0.3, 0.4) is 0 Å². The summed E-state index contributed by atoms with van der Waals surface area (Å²) >= 11 is 0. The largest absolute Gasteiger partial charge is 0.491 e. The van der Waals surface area contributed by atoms with Crippen molar-refractivity contribution in [1.29, 1.82) is 0 Å². The predicted molar refractivity (Wildman–Crippen MR) is 154 cm³/mol. The maximum absolute atomic E-state index is 14.5. The molecule has 1 atom stereocenters. The number of hydrogen-bond acceptors (Lipinski definition) is 4. The van der Waals surface area contributed by atoms with E-state index < -0.39 is 0 Å². The highest BCUT2D eigenvalue weighted by molar-refractivity contribution is 5.97. The topological polar surface area (TPSA) is 59.1 Å². The molecule has 1 aliphatic heterocycles. The van der Waals surface area contributed by atoms with E-state index in [9.17, 15) is 14.0 Å². The van der Waals surface area contributed by atoms with Crippen molar-refractivity contribution >= 4 is 11.8 Å². The number of carbonyl (C=O) groups is 2. The third-order valence-corrected chi connectivity index (χ3v) is 7.35. The van der Waals surface area contributed by atoms with Crippen LogP contribution in [0, 0.1) is 5.82 Å². The lowest BCUT2D eigenvalue weighted by Gasteiger charge is -2.33. The Labute approximate surface area is 236 Å². The third-order valence-electron chi connectivity index (χ3n) is 7.35. The normalized spacial score (nSPS) is 17.1. The number of benzene rings is 3. The van der Waals surface area contributed by atoms with Gasteiger partial charge in [0.2, 0.25) is 5.91 Å². The van der Waals surface area contributed by atoms with Crippen LogP contribution in [0.2, 0.25) is 0 Å². The zero-order valence-corrected chi connectivity index (χ0v) is 23.3. The highest BCUT2D eigenvalue weighted by Crippen LogP contribution is 2.23. The van der Waals surface area contributed by atoms with Gasteiger partial charge in [-0.15, -0.1) is 0 Å². The predicted octanol–water partition coefficient (Wildman–Crippen LogP) is 5.55. The van der Waals surface area contributed by atoms with Crippen molar-refractivity contribution in [1.82, 2.24) is 9.80 Å². The van der Waals surface area contributed by atoms with Crippen molar-refractivity contribution in [2.24, 2.45) is 0 Å². The number of rotatable bonds is 7. The molecular formula is C33H39FN2O4. The van der Waals surface area contributed by atoms with Crippen LogP contribution in [0.4, 0.5) is 4.39 Å². The second-order valence-electron chi connectivity index (χ2n) is 10.2. The number of hydrogen-bond donors (Lipinski definition) is 0. The molecule has 0 saturated heterocycles. The Hall–Kier alpha value is -3.71. The van der Waals surface area contributed by atoms with Crippen LogP contribution >= 0.6 is 0 Å². The lowest BCUT2D eigenvalue weighted by molar-refractivity contribution is -0.133. The second kappa shape index (κ2) is 15.2. The number of ether oxygens (including phenoxy) is 2. The summed E-state index contributed by atoms with van der Waals surface area (Å²) in [6.45, 7) is 2.37. The molecule has 212 valence electrons. The number of fused-ring (bicyclic) bond motifs is 1. The Kier molecular flexibility index (Phi) is 11.1. The standard InChI is InChI=1S/C33H39FN2O4/c1-39-22-21-35-19-11-2-3-12-20-36(32(37)24-27-15-7-9-17-30(27)34)28(23-26-13-5-4-6-14-26)25-40-31-18-10-8-16-29(31)33(35)38/h4-10,13-18,28H,2-3,11-12,19-25H2,1H3/t28-/m0/s1. The van der Waals surface area contributed by atoms with Crippen LogP contribution in [0.25, 0.3) is 0 Å². The highest BCUT2D eigenvalue weighted by atomic mass is 19.1. The molecule has 0 saturated carbocycles. The number of carbonyl (C=O) groups excluding carboxylic acids is 2. The summed E-state index contributed by atoms with van der Waals surface area (Å²) in [7, 11) is 1.64. The molecule has 7 heteroatoms. The molecule has 0 radical (unpaired) electrons. The zero-order valence-electron chi connectivity index (χ0n) is 23.3. The maximum atomic E-state index is 14.5. The third kappa shape index (κ3) is 8.15. The van der Waals surface area contributed by atoms with E-state index in [-0.39, 0.29) is 36.7 Å². The van der Waals surface area contributed by atoms with Gasteiger partial charge in [-0.2, -0.15) is 0 Å². The van der Waals surface area contributed by atoms with Gasteiger partial charge in [0.25, 0.3) is 5.91 Å². The van der Waals surface area contributed by atoms with E-state index in [0.717, 1.165) is 31.2 Å². The van der Waals surface area contributed by atoms with Crippen LogP contribution in [0.5, 0.6) is 5.75 Å². The van der Waals surface area contributed by atoms with Gasteiger partial charge in [0.1, 0.15) is 18.2 Å². The van der Waals surface area contributed by atoms with E-state index in [4.69, 9.17) is 9.47 Å². The van der Waals surface area contributed by atoms with Gasteiger partial charge in [0.05, 0.1) is 24.6 Å². The molecule has 2 amide bonds. The van der Waals surface area contributed by atoms with Gasteiger partial charge in [-0.3, -0.25) is 9.59 Å². The van der Waals surface area contributed by atoms with Crippen molar-refractivity contribution in [2.45, 2.75) is 44.6 Å². The number of halogens is 1. The number of amides is 2. The monoisotopic (exact) mass is 546 g/mol. The highest BCUT2D eigenvalue weighted by Gasteiger charge is 2.27. The number of para-hydroxylation sites is 1. The average molecular weight is 547 g/mol. The molecule has 0 aromatic heterocycles. The molecule has 0 fully saturated rings. The fraction of sp³-hybridized carbons (Fsp3) is 0.394. The lowest BCUT2D eigenvalue weighted by atomic mass is 10.0. The summed E-state index contributed by atoms with van der Waals surface area (Å²) in [5.41, 5.74) is 1.97. The van der Waals surface area contributed by atoms with Crippen molar-refractivity contribution in [3.8, 4) is 5.75 Å². The summed E-state index contributed by atoms with van der Waals surface area (Å²) in [5.74, 6) is -0.0977. The smallest absolute Gasteiger partial charge is 0.257 e. The lowest BCUT2D eigenvalue weighted by Crippen LogP contribution is -2.46. The molecule has 40 heavy (non-hydrogen) atoms. The minimum Gasteiger partial charge on any atom is -0.491 e. The van der Waals surface area contributed by atoms with Crippen molar-refractivity contribution in [3.05, 3.63) is 101 Å². The summed E-state index contributed by atoms with van der Waals surface area (Å²) in [6.07, 6.45) is 4.10. The van der Waals surface area contributed by atoms with Crippen LogP contribution in [-0.2, 0) is 22.4 Å². The average Bonchev–Trinajstić information content (AvgIpc) is 2.97. The van der Waals surface area contributed by atoms with Crippen LogP contribution in [0.15, 0.2) is 78.9 Å². The first-order valence-corrected chi connectivity index (χ1v) is 14.1. The van der Waals surface area contributed by atoms with Crippen LogP contribution in [-0.4, -0.2) is 67.6 Å². The molecule has 0 bridgehead atoms. The molecule has 6 nitrogen and oxygen atoms in total. The Morgan fingerprint density at radius 3 is 2.40 bits per heavy atom. The van der Waals surface area contributed by atoms with Gasteiger partial charge in [0.15, 0.2) is 0 Å². The van der Waals surface area contributed by atoms with Crippen molar-refractivity contribution in [2.75, 3.05) is 40.0 Å². The van der Waals surface area contributed by atoms with E-state index in [0.29, 0.717) is 49.5 Å². The Balaban J connectivity index is 1.64. The molecule has 0 spiro atoms.